The van der Waals surface area contributed by atoms with Gasteiger partial charge in [0.05, 0.1) is 12.6 Å². The molecular formula is C14H26N2O3. The molecule has 0 radical (unpaired) electrons. The van der Waals surface area contributed by atoms with Gasteiger partial charge in [-0.05, 0) is 25.2 Å². The Labute approximate surface area is 115 Å². The Morgan fingerprint density at radius 2 is 1.84 bits per heavy atom. The molecule has 110 valence electrons. The van der Waals surface area contributed by atoms with Crippen molar-refractivity contribution < 1.29 is 14.3 Å². The molecule has 1 atom stereocenters. The second-order valence-corrected chi connectivity index (χ2v) is 5.90. The van der Waals surface area contributed by atoms with Crippen LogP contribution < -0.4 is 11.1 Å². The number of carbonyl (C=O) groups excluding carboxylic acids is 2. The maximum Gasteiger partial charge on any atom is 0.328 e. The number of ether oxygens (including phenoxy) is 1. The van der Waals surface area contributed by atoms with Crippen LogP contribution in [0.5, 0.6) is 0 Å². The van der Waals surface area contributed by atoms with E-state index in [1.165, 1.54) is 7.11 Å². The molecule has 1 fully saturated rings. The average molecular weight is 270 g/mol. The van der Waals surface area contributed by atoms with E-state index in [-0.39, 0.29) is 5.91 Å². The molecule has 3 N–H and O–H groups in total. The van der Waals surface area contributed by atoms with Crippen LogP contribution in [-0.2, 0) is 14.3 Å². The summed E-state index contributed by atoms with van der Waals surface area (Å²) >= 11 is 0. The van der Waals surface area contributed by atoms with Crippen LogP contribution in [0, 0.1) is 5.92 Å². The molecule has 0 spiro atoms. The minimum absolute atomic E-state index is 0.219. The van der Waals surface area contributed by atoms with Crippen molar-refractivity contribution >= 4 is 11.9 Å². The van der Waals surface area contributed by atoms with E-state index in [1.807, 2.05) is 13.8 Å². The fraction of sp³-hybridized carbons (Fsp3) is 0.857. The number of hydrogen-bond acceptors (Lipinski definition) is 4. The maximum atomic E-state index is 12.3. The Kier molecular flexibility index (Phi) is 5.79. The van der Waals surface area contributed by atoms with Gasteiger partial charge >= 0.3 is 5.97 Å². The standard InChI is InChI=1S/C14H26N2O3/c1-10(2)9-11(12(17)19-3)16-13(18)14(15)7-5-4-6-8-14/h10-11H,4-9,15H2,1-3H3,(H,16,18)/t11-/m0/s1. The smallest absolute Gasteiger partial charge is 0.328 e. The lowest BCUT2D eigenvalue weighted by molar-refractivity contribution is -0.146. The third-order valence-corrected chi connectivity index (χ3v) is 3.70. The fourth-order valence-corrected chi connectivity index (χ4v) is 2.54. The van der Waals surface area contributed by atoms with Gasteiger partial charge in [-0.15, -0.1) is 0 Å². The summed E-state index contributed by atoms with van der Waals surface area (Å²) in [5, 5.41) is 2.77. The van der Waals surface area contributed by atoms with Gasteiger partial charge in [-0.1, -0.05) is 33.1 Å². The highest BCUT2D eigenvalue weighted by Crippen LogP contribution is 2.26. The van der Waals surface area contributed by atoms with E-state index in [0.717, 1.165) is 19.3 Å². The minimum Gasteiger partial charge on any atom is -0.467 e. The first-order chi connectivity index (χ1) is 8.89. The normalized spacial score (nSPS) is 19.8. The lowest BCUT2D eigenvalue weighted by Crippen LogP contribution is -2.58. The van der Waals surface area contributed by atoms with Gasteiger partial charge in [-0.25, -0.2) is 4.79 Å². The molecule has 0 saturated heterocycles. The van der Waals surface area contributed by atoms with Gasteiger partial charge in [-0.3, -0.25) is 4.79 Å². The SMILES string of the molecule is COC(=O)[C@H](CC(C)C)NC(=O)C1(N)CCCCC1. The van der Waals surface area contributed by atoms with Crippen molar-refractivity contribution in [1.29, 1.82) is 0 Å². The summed E-state index contributed by atoms with van der Waals surface area (Å²) in [5.74, 6) is -0.325. The molecule has 0 aliphatic heterocycles. The Bertz CT molecular complexity index is 323. The van der Waals surface area contributed by atoms with E-state index < -0.39 is 17.6 Å². The van der Waals surface area contributed by atoms with Crippen LogP contribution in [0.15, 0.2) is 0 Å². The summed E-state index contributed by atoms with van der Waals surface area (Å²) in [5.41, 5.74) is 5.34. The lowest BCUT2D eigenvalue weighted by Gasteiger charge is -2.33. The molecule has 0 bridgehead atoms. The van der Waals surface area contributed by atoms with Crippen LogP contribution in [0.3, 0.4) is 0 Å². The van der Waals surface area contributed by atoms with Crippen LogP contribution in [0.2, 0.25) is 0 Å². The number of hydrogen-bond donors (Lipinski definition) is 2. The van der Waals surface area contributed by atoms with E-state index in [9.17, 15) is 9.59 Å². The van der Waals surface area contributed by atoms with E-state index in [2.05, 4.69) is 5.32 Å². The van der Waals surface area contributed by atoms with E-state index >= 15 is 0 Å². The van der Waals surface area contributed by atoms with E-state index in [0.29, 0.717) is 25.2 Å². The second-order valence-electron chi connectivity index (χ2n) is 5.90. The predicted molar refractivity (Wildman–Crippen MR) is 73.4 cm³/mol. The highest BCUT2D eigenvalue weighted by Gasteiger charge is 2.37. The van der Waals surface area contributed by atoms with Gasteiger partial charge in [0.2, 0.25) is 5.91 Å². The van der Waals surface area contributed by atoms with Gasteiger partial charge in [0.15, 0.2) is 0 Å². The largest absolute Gasteiger partial charge is 0.467 e. The first-order valence-corrected chi connectivity index (χ1v) is 7.06. The molecular weight excluding hydrogens is 244 g/mol. The third kappa shape index (κ3) is 4.49. The number of nitrogens with one attached hydrogen (secondary N) is 1. The molecule has 1 amide bonds. The molecule has 0 aromatic rings. The zero-order chi connectivity index (χ0) is 14.5. The molecule has 5 heteroatoms. The van der Waals surface area contributed by atoms with Crippen LogP contribution in [0.25, 0.3) is 0 Å². The number of methoxy groups -OCH3 is 1. The summed E-state index contributed by atoms with van der Waals surface area (Å²) in [7, 11) is 1.33. The Morgan fingerprint density at radius 1 is 1.26 bits per heavy atom. The van der Waals surface area contributed by atoms with E-state index in [4.69, 9.17) is 10.5 Å². The average Bonchev–Trinajstić information content (AvgIpc) is 2.37. The van der Waals surface area contributed by atoms with Gasteiger partial charge in [0.25, 0.3) is 0 Å². The summed E-state index contributed by atoms with van der Waals surface area (Å²) in [6.07, 6.45) is 5.00. The van der Waals surface area contributed by atoms with Crippen molar-refractivity contribution in [3.05, 3.63) is 0 Å². The number of rotatable bonds is 5. The van der Waals surface area contributed by atoms with Crippen LogP contribution in [0.4, 0.5) is 0 Å². The first kappa shape index (κ1) is 16.0. The Morgan fingerprint density at radius 3 is 2.32 bits per heavy atom. The summed E-state index contributed by atoms with van der Waals surface area (Å²) in [6.45, 7) is 4.00. The molecule has 1 aliphatic rings. The van der Waals surface area contributed by atoms with Crippen molar-refractivity contribution in [2.75, 3.05) is 7.11 Å². The summed E-state index contributed by atoms with van der Waals surface area (Å²) < 4.78 is 4.74. The van der Waals surface area contributed by atoms with Crippen LogP contribution >= 0.6 is 0 Å². The fourth-order valence-electron chi connectivity index (χ4n) is 2.54. The molecule has 0 aromatic heterocycles. The van der Waals surface area contributed by atoms with Crippen LogP contribution in [-0.4, -0.2) is 30.6 Å². The number of nitrogens with two attached hydrogens (primary N) is 1. The number of carbonyl (C=O) groups is 2. The van der Waals surface area contributed by atoms with Crippen molar-refractivity contribution in [2.45, 2.75) is 64.0 Å². The molecule has 1 aliphatic carbocycles. The predicted octanol–water partition coefficient (Wildman–Crippen LogP) is 1.35. The van der Waals surface area contributed by atoms with E-state index in [1.54, 1.807) is 0 Å². The second kappa shape index (κ2) is 6.89. The Hall–Kier alpha value is -1.10. The van der Waals surface area contributed by atoms with Gasteiger partial charge in [0.1, 0.15) is 6.04 Å². The molecule has 0 unspecified atom stereocenters. The number of esters is 1. The molecule has 1 rings (SSSR count). The van der Waals surface area contributed by atoms with Gasteiger partial charge in [0, 0.05) is 0 Å². The van der Waals surface area contributed by atoms with Crippen molar-refractivity contribution in [3.63, 3.8) is 0 Å². The molecule has 0 aromatic carbocycles. The first-order valence-electron chi connectivity index (χ1n) is 7.06. The zero-order valence-corrected chi connectivity index (χ0v) is 12.2. The molecule has 1 saturated carbocycles. The third-order valence-electron chi connectivity index (χ3n) is 3.70. The van der Waals surface area contributed by atoms with Crippen molar-refractivity contribution in [1.82, 2.24) is 5.32 Å². The van der Waals surface area contributed by atoms with Gasteiger partial charge < -0.3 is 15.8 Å². The quantitative estimate of drug-likeness (QED) is 0.739. The number of amides is 1. The summed E-state index contributed by atoms with van der Waals surface area (Å²) in [4.78, 5) is 24.0. The monoisotopic (exact) mass is 270 g/mol. The Balaban J connectivity index is 2.66. The topological polar surface area (TPSA) is 81.4 Å². The molecule has 0 heterocycles. The highest BCUT2D eigenvalue weighted by atomic mass is 16.5. The van der Waals surface area contributed by atoms with Crippen LogP contribution in [0.1, 0.15) is 52.4 Å². The molecule has 19 heavy (non-hydrogen) atoms. The zero-order valence-electron chi connectivity index (χ0n) is 12.2. The maximum absolute atomic E-state index is 12.3. The highest BCUT2D eigenvalue weighted by molar-refractivity contribution is 5.90. The minimum atomic E-state index is -0.818. The lowest BCUT2D eigenvalue weighted by atomic mass is 9.81. The summed E-state index contributed by atoms with van der Waals surface area (Å²) in [6, 6.07) is -0.597. The van der Waals surface area contributed by atoms with Crippen molar-refractivity contribution in [3.8, 4) is 0 Å². The van der Waals surface area contributed by atoms with Gasteiger partial charge in [-0.2, -0.15) is 0 Å². The van der Waals surface area contributed by atoms with Crippen molar-refractivity contribution in [2.24, 2.45) is 11.7 Å². The molecule has 5 nitrogen and oxygen atoms in total.